The standard InChI is InChI=1S/C14H22BrFN2/c1-11(2)9-17-7-4-8-18-10-12-5-3-6-13(16)14(12)15/h3,5-6,11,17-18H,4,7-10H2,1-2H3. The predicted molar refractivity (Wildman–Crippen MR) is 78.1 cm³/mol. The largest absolute Gasteiger partial charge is 0.316 e. The number of hydrogen-bond donors (Lipinski definition) is 2. The van der Waals surface area contributed by atoms with Crippen molar-refractivity contribution in [1.82, 2.24) is 10.6 Å². The minimum Gasteiger partial charge on any atom is -0.316 e. The van der Waals surface area contributed by atoms with Gasteiger partial charge in [-0.25, -0.2) is 4.39 Å². The second-order valence-electron chi connectivity index (χ2n) is 4.84. The monoisotopic (exact) mass is 316 g/mol. The molecular weight excluding hydrogens is 295 g/mol. The normalized spacial score (nSPS) is 11.2. The van der Waals surface area contributed by atoms with E-state index in [-0.39, 0.29) is 5.82 Å². The molecule has 0 unspecified atom stereocenters. The smallest absolute Gasteiger partial charge is 0.137 e. The Kier molecular flexibility index (Phi) is 7.47. The average Bonchev–Trinajstić information content (AvgIpc) is 2.32. The Morgan fingerprint density at radius 2 is 1.94 bits per heavy atom. The highest BCUT2D eigenvalue weighted by atomic mass is 79.9. The van der Waals surface area contributed by atoms with Crippen LogP contribution in [-0.4, -0.2) is 19.6 Å². The van der Waals surface area contributed by atoms with E-state index < -0.39 is 0 Å². The lowest BCUT2D eigenvalue weighted by Crippen LogP contribution is -2.24. The van der Waals surface area contributed by atoms with Crippen LogP contribution in [-0.2, 0) is 6.54 Å². The zero-order valence-electron chi connectivity index (χ0n) is 11.1. The van der Waals surface area contributed by atoms with Crippen molar-refractivity contribution in [3.05, 3.63) is 34.1 Å². The van der Waals surface area contributed by atoms with Crippen LogP contribution in [0.15, 0.2) is 22.7 Å². The zero-order chi connectivity index (χ0) is 13.4. The van der Waals surface area contributed by atoms with Crippen molar-refractivity contribution in [3.63, 3.8) is 0 Å². The summed E-state index contributed by atoms with van der Waals surface area (Å²) in [7, 11) is 0. The van der Waals surface area contributed by atoms with E-state index in [1.807, 2.05) is 6.07 Å². The van der Waals surface area contributed by atoms with Gasteiger partial charge in [0.1, 0.15) is 5.82 Å². The summed E-state index contributed by atoms with van der Waals surface area (Å²) in [5, 5.41) is 6.72. The molecule has 1 aromatic rings. The van der Waals surface area contributed by atoms with E-state index in [1.165, 1.54) is 6.07 Å². The molecule has 0 fully saturated rings. The van der Waals surface area contributed by atoms with Gasteiger partial charge in [-0.05, 0) is 59.5 Å². The molecule has 0 spiro atoms. The molecule has 0 atom stereocenters. The Hall–Kier alpha value is -0.450. The third-order valence-corrected chi connectivity index (χ3v) is 3.49. The van der Waals surface area contributed by atoms with E-state index in [0.717, 1.165) is 31.6 Å². The summed E-state index contributed by atoms with van der Waals surface area (Å²) in [5.41, 5.74) is 0.963. The van der Waals surface area contributed by atoms with Crippen molar-refractivity contribution >= 4 is 15.9 Å². The van der Waals surface area contributed by atoms with E-state index in [2.05, 4.69) is 40.4 Å². The SMILES string of the molecule is CC(C)CNCCCNCc1cccc(F)c1Br. The van der Waals surface area contributed by atoms with Crippen LogP contribution in [0.1, 0.15) is 25.8 Å². The van der Waals surface area contributed by atoms with Crippen LogP contribution in [0, 0.1) is 11.7 Å². The fourth-order valence-corrected chi connectivity index (χ4v) is 2.04. The molecule has 1 aromatic carbocycles. The number of hydrogen-bond acceptors (Lipinski definition) is 2. The molecule has 0 heterocycles. The third-order valence-electron chi connectivity index (χ3n) is 2.61. The molecule has 0 saturated heterocycles. The van der Waals surface area contributed by atoms with Crippen molar-refractivity contribution in [2.45, 2.75) is 26.8 Å². The van der Waals surface area contributed by atoms with Gasteiger partial charge in [-0.15, -0.1) is 0 Å². The maximum absolute atomic E-state index is 13.2. The van der Waals surface area contributed by atoms with Gasteiger partial charge in [-0.2, -0.15) is 0 Å². The van der Waals surface area contributed by atoms with Gasteiger partial charge < -0.3 is 10.6 Å². The highest BCUT2D eigenvalue weighted by molar-refractivity contribution is 9.10. The number of benzene rings is 1. The summed E-state index contributed by atoms with van der Waals surface area (Å²) in [6.45, 7) is 8.13. The van der Waals surface area contributed by atoms with Crippen LogP contribution in [0.3, 0.4) is 0 Å². The first-order valence-electron chi connectivity index (χ1n) is 6.45. The Labute approximate surface area is 117 Å². The molecule has 0 saturated carbocycles. The summed E-state index contributed by atoms with van der Waals surface area (Å²) >= 11 is 3.26. The van der Waals surface area contributed by atoms with Crippen LogP contribution in [0.4, 0.5) is 4.39 Å². The molecule has 0 radical (unpaired) electrons. The molecule has 102 valence electrons. The molecule has 0 aliphatic rings. The molecule has 0 bridgehead atoms. The molecule has 2 nitrogen and oxygen atoms in total. The first-order chi connectivity index (χ1) is 8.61. The Morgan fingerprint density at radius 3 is 2.67 bits per heavy atom. The summed E-state index contributed by atoms with van der Waals surface area (Å²) in [4.78, 5) is 0. The van der Waals surface area contributed by atoms with Gasteiger partial charge in [-0.1, -0.05) is 26.0 Å². The molecular formula is C14H22BrFN2. The van der Waals surface area contributed by atoms with E-state index in [9.17, 15) is 4.39 Å². The number of halogens is 2. The molecule has 2 N–H and O–H groups in total. The highest BCUT2D eigenvalue weighted by Crippen LogP contribution is 2.19. The molecule has 0 aromatic heterocycles. The molecule has 1 rings (SSSR count). The number of rotatable bonds is 8. The van der Waals surface area contributed by atoms with Crippen LogP contribution < -0.4 is 10.6 Å². The summed E-state index contributed by atoms with van der Waals surface area (Å²) in [6.07, 6.45) is 1.08. The van der Waals surface area contributed by atoms with Crippen LogP contribution in [0.25, 0.3) is 0 Å². The van der Waals surface area contributed by atoms with Crippen LogP contribution in [0.5, 0.6) is 0 Å². The minimum absolute atomic E-state index is 0.201. The first kappa shape index (κ1) is 15.6. The lowest BCUT2D eigenvalue weighted by atomic mass is 10.2. The van der Waals surface area contributed by atoms with E-state index >= 15 is 0 Å². The van der Waals surface area contributed by atoms with Gasteiger partial charge in [0.25, 0.3) is 0 Å². The Bertz CT molecular complexity index is 356. The third kappa shape index (κ3) is 5.94. The average molecular weight is 317 g/mol. The fourth-order valence-electron chi connectivity index (χ4n) is 1.64. The fraction of sp³-hybridized carbons (Fsp3) is 0.571. The van der Waals surface area contributed by atoms with E-state index in [0.29, 0.717) is 16.9 Å². The summed E-state index contributed by atoms with van der Waals surface area (Å²) in [5.74, 6) is 0.495. The van der Waals surface area contributed by atoms with Crippen molar-refractivity contribution < 1.29 is 4.39 Å². The second-order valence-corrected chi connectivity index (χ2v) is 5.63. The topological polar surface area (TPSA) is 24.1 Å². The van der Waals surface area contributed by atoms with Crippen molar-refractivity contribution in [3.8, 4) is 0 Å². The molecule has 4 heteroatoms. The van der Waals surface area contributed by atoms with Gasteiger partial charge in [-0.3, -0.25) is 0 Å². The Morgan fingerprint density at radius 1 is 1.22 bits per heavy atom. The lowest BCUT2D eigenvalue weighted by molar-refractivity contribution is 0.529. The maximum Gasteiger partial charge on any atom is 0.137 e. The van der Waals surface area contributed by atoms with Crippen LogP contribution >= 0.6 is 15.9 Å². The van der Waals surface area contributed by atoms with E-state index in [4.69, 9.17) is 0 Å². The second kappa shape index (κ2) is 8.62. The van der Waals surface area contributed by atoms with E-state index in [1.54, 1.807) is 6.07 Å². The maximum atomic E-state index is 13.2. The minimum atomic E-state index is -0.201. The predicted octanol–water partition coefficient (Wildman–Crippen LogP) is 3.31. The van der Waals surface area contributed by atoms with Crippen molar-refractivity contribution in [1.29, 1.82) is 0 Å². The van der Waals surface area contributed by atoms with Crippen molar-refractivity contribution in [2.24, 2.45) is 5.92 Å². The van der Waals surface area contributed by atoms with Crippen LogP contribution in [0.2, 0.25) is 0 Å². The summed E-state index contributed by atoms with van der Waals surface area (Å²) in [6, 6.07) is 5.13. The van der Waals surface area contributed by atoms with Gasteiger partial charge in [0.05, 0.1) is 4.47 Å². The zero-order valence-corrected chi connectivity index (χ0v) is 12.7. The van der Waals surface area contributed by atoms with Crippen molar-refractivity contribution in [2.75, 3.05) is 19.6 Å². The van der Waals surface area contributed by atoms with Gasteiger partial charge >= 0.3 is 0 Å². The van der Waals surface area contributed by atoms with Gasteiger partial charge in [0, 0.05) is 6.54 Å². The first-order valence-corrected chi connectivity index (χ1v) is 7.25. The highest BCUT2D eigenvalue weighted by Gasteiger charge is 2.03. The molecule has 18 heavy (non-hydrogen) atoms. The molecule has 0 aliphatic carbocycles. The quantitative estimate of drug-likeness (QED) is 0.719. The lowest BCUT2D eigenvalue weighted by Gasteiger charge is -2.09. The molecule has 0 amide bonds. The molecule has 0 aliphatic heterocycles. The van der Waals surface area contributed by atoms with Gasteiger partial charge in [0.2, 0.25) is 0 Å². The Balaban J connectivity index is 2.13. The summed E-state index contributed by atoms with van der Waals surface area (Å²) < 4.78 is 13.8. The number of nitrogens with one attached hydrogen (secondary N) is 2. The van der Waals surface area contributed by atoms with Gasteiger partial charge in [0.15, 0.2) is 0 Å².